The Hall–Kier alpha value is -2.28. The van der Waals surface area contributed by atoms with Gasteiger partial charge in [0, 0.05) is 18.8 Å². The SMILES string of the molecule is COC1CC(NC(=O)Nc2ccc(O)c(C(=O)O)c2)C1. The maximum absolute atomic E-state index is 11.7. The molecule has 1 aliphatic rings. The number of rotatable bonds is 4. The maximum Gasteiger partial charge on any atom is 0.339 e. The molecule has 1 aliphatic carbocycles. The van der Waals surface area contributed by atoms with E-state index in [9.17, 15) is 14.7 Å². The molecule has 1 saturated carbocycles. The quantitative estimate of drug-likeness (QED) is 0.623. The van der Waals surface area contributed by atoms with Crippen LogP contribution in [0.4, 0.5) is 10.5 Å². The summed E-state index contributed by atoms with van der Waals surface area (Å²) in [6, 6.07) is 3.52. The van der Waals surface area contributed by atoms with Crippen molar-refractivity contribution in [3.63, 3.8) is 0 Å². The van der Waals surface area contributed by atoms with Gasteiger partial charge in [0.2, 0.25) is 0 Å². The molecule has 2 rings (SSSR count). The second kappa shape index (κ2) is 5.79. The van der Waals surface area contributed by atoms with E-state index in [-0.39, 0.29) is 23.5 Å². The molecular formula is C13H16N2O5. The summed E-state index contributed by atoms with van der Waals surface area (Å²) < 4.78 is 5.11. The molecule has 0 unspecified atom stereocenters. The van der Waals surface area contributed by atoms with Crippen LogP contribution in [0.2, 0.25) is 0 Å². The van der Waals surface area contributed by atoms with E-state index in [1.54, 1.807) is 7.11 Å². The third kappa shape index (κ3) is 3.18. The average Bonchev–Trinajstić information content (AvgIpc) is 2.35. The van der Waals surface area contributed by atoms with Crippen LogP contribution in [0, 0.1) is 0 Å². The van der Waals surface area contributed by atoms with Crippen LogP contribution in [-0.2, 0) is 4.74 Å². The molecule has 108 valence electrons. The molecule has 4 N–H and O–H groups in total. The molecule has 7 heteroatoms. The molecule has 1 aromatic carbocycles. The van der Waals surface area contributed by atoms with Crippen molar-refractivity contribution in [2.45, 2.75) is 25.0 Å². The molecule has 0 saturated heterocycles. The summed E-state index contributed by atoms with van der Waals surface area (Å²) in [4.78, 5) is 22.6. The Morgan fingerprint density at radius 2 is 2.05 bits per heavy atom. The molecule has 7 nitrogen and oxygen atoms in total. The van der Waals surface area contributed by atoms with Gasteiger partial charge >= 0.3 is 12.0 Å². The molecular weight excluding hydrogens is 264 g/mol. The number of carbonyl (C=O) groups is 2. The summed E-state index contributed by atoms with van der Waals surface area (Å²) >= 11 is 0. The van der Waals surface area contributed by atoms with Crippen LogP contribution in [0.25, 0.3) is 0 Å². The Morgan fingerprint density at radius 1 is 1.35 bits per heavy atom. The van der Waals surface area contributed by atoms with E-state index in [4.69, 9.17) is 9.84 Å². The van der Waals surface area contributed by atoms with Crippen molar-refractivity contribution in [1.29, 1.82) is 0 Å². The van der Waals surface area contributed by atoms with Crippen LogP contribution in [0.3, 0.4) is 0 Å². The minimum atomic E-state index is -1.26. The average molecular weight is 280 g/mol. The fourth-order valence-electron chi connectivity index (χ4n) is 2.01. The van der Waals surface area contributed by atoms with Gasteiger partial charge in [-0.3, -0.25) is 0 Å². The van der Waals surface area contributed by atoms with Gasteiger partial charge in [-0.1, -0.05) is 0 Å². The smallest absolute Gasteiger partial charge is 0.339 e. The standard InChI is InChI=1S/C13H16N2O5/c1-20-9-4-8(5-9)15-13(19)14-7-2-3-11(16)10(6-7)12(17)18/h2-3,6,8-9,16H,4-5H2,1H3,(H,17,18)(H2,14,15,19). The summed E-state index contributed by atoms with van der Waals surface area (Å²) in [7, 11) is 1.63. The number of hydrogen-bond acceptors (Lipinski definition) is 4. The Kier molecular flexibility index (Phi) is 4.09. The third-order valence-corrected chi connectivity index (χ3v) is 3.25. The number of urea groups is 1. The minimum absolute atomic E-state index is 0.0657. The lowest BCUT2D eigenvalue weighted by Gasteiger charge is -2.34. The summed E-state index contributed by atoms with van der Waals surface area (Å²) in [6.07, 6.45) is 1.72. The summed E-state index contributed by atoms with van der Waals surface area (Å²) in [5, 5.41) is 23.5. The molecule has 0 aliphatic heterocycles. The number of anilines is 1. The first kappa shape index (κ1) is 14.1. The second-order valence-corrected chi connectivity index (χ2v) is 4.66. The van der Waals surface area contributed by atoms with E-state index in [0.29, 0.717) is 5.69 Å². The maximum atomic E-state index is 11.7. The number of benzene rings is 1. The zero-order valence-electron chi connectivity index (χ0n) is 10.9. The van der Waals surface area contributed by atoms with E-state index >= 15 is 0 Å². The van der Waals surface area contributed by atoms with Crippen molar-refractivity contribution in [2.24, 2.45) is 0 Å². The highest BCUT2D eigenvalue weighted by atomic mass is 16.5. The van der Waals surface area contributed by atoms with Crippen LogP contribution >= 0.6 is 0 Å². The topological polar surface area (TPSA) is 108 Å². The number of nitrogens with one attached hydrogen (secondary N) is 2. The van der Waals surface area contributed by atoms with Crippen LogP contribution in [0.5, 0.6) is 5.75 Å². The van der Waals surface area contributed by atoms with Gasteiger partial charge in [-0.25, -0.2) is 9.59 Å². The fraction of sp³-hybridized carbons (Fsp3) is 0.385. The van der Waals surface area contributed by atoms with Crippen LogP contribution in [-0.4, -0.2) is 41.5 Å². The van der Waals surface area contributed by atoms with E-state index in [0.717, 1.165) is 12.8 Å². The van der Waals surface area contributed by atoms with Crippen molar-refractivity contribution < 1.29 is 24.5 Å². The van der Waals surface area contributed by atoms with Gasteiger partial charge in [-0.2, -0.15) is 0 Å². The number of methoxy groups -OCH3 is 1. The van der Waals surface area contributed by atoms with Crippen LogP contribution in [0.15, 0.2) is 18.2 Å². The molecule has 20 heavy (non-hydrogen) atoms. The Balaban J connectivity index is 1.91. The van der Waals surface area contributed by atoms with Crippen molar-refractivity contribution in [3.8, 4) is 5.75 Å². The molecule has 1 aromatic rings. The minimum Gasteiger partial charge on any atom is -0.507 e. The lowest BCUT2D eigenvalue weighted by molar-refractivity contribution is 0.0210. The number of hydrogen-bond donors (Lipinski definition) is 4. The van der Waals surface area contributed by atoms with E-state index in [1.807, 2.05) is 0 Å². The highest BCUT2D eigenvalue weighted by Crippen LogP contribution is 2.23. The molecule has 0 heterocycles. The zero-order chi connectivity index (χ0) is 14.7. The zero-order valence-corrected chi connectivity index (χ0v) is 10.9. The number of aromatic carboxylic acids is 1. The summed E-state index contributed by atoms with van der Waals surface area (Å²) in [5.41, 5.74) is 0.0474. The molecule has 0 bridgehead atoms. The first-order valence-corrected chi connectivity index (χ1v) is 6.16. The number of carbonyl (C=O) groups excluding carboxylic acids is 1. The summed E-state index contributed by atoms with van der Waals surface area (Å²) in [6.45, 7) is 0. The number of phenols is 1. The van der Waals surface area contributed by atoms with Crippen molar-refractivity contribution >= 4 is 17.7 Å². The molecule has 0 spiro atoms. The molecule has 0 atom stereocenters. The normalized spacial score (nSPS) is 20.9. The molecule has 0 aromatic heterocycles. The molecule has 2 amide bonds. The van der Waals surface area contributed by atoms with Gasteiger partial charge in [-0.05, 0) is 31.0 Å². The van der Waals surface area contributed by atoms with Crippen molar-refractivity contribution in [1.82, 2.24) is 5.32 Å². The number of carboxylic acid groups (broad SMARTS) is 1. The number of aromatic hydroxyl groups is 1. The third-order valence-electron chi connectivity index (χ3n) is 3.25. The Bertz CT molecular complexity index is 525. The first-order valence-electron chi connectivity index (χ1n) is 6.16. The van der Waals surface area contributed by atoms with Gasteiger partial charge in [0.1, 0.15) is 11.3 Å². The van der Waals surface area contributed by atoms with Crippen molar-refractivity contribution in [2.75, 3.05) is 12.4 Å². The predicted molar refractivity (Wildman–Crippen MR) is 71.0 cm³/mol. The van der Waals surface area contributed by atoms with Gasteiger partial charge < -0.3 is 25.6 Å². The largest absolute Gasteiger partial charge is 0.507 e. The van der Waals surface area contributed by atoms with Crippen LogP contribution in [0.1, 0.15) is 23.2 Å². The first-order chi connectivity index (χ1) is 9.49. The monoisotopic (exact) mass is 280 g/mol. The highest BCUT2D eigenvalue weighted by Gasteiger charge is 2.30. The van der Waals surface area contributed by atoms with E-state index in [2.05, 4.69) is 10.6 Å². The number of ether oxygens (including phenoxy) is 1. The fourth-order valence-corrected chi connectivity index (χ4v) is 2.01. The van der Waals surface area contributed by atoms with Gasteiger partial charge in [0.15, 0.2) is 0 Å². The Morgan fingerprint density at radius 3 is 2.65 bits per heavy atom. The van der Waals surface area contributed by atoms with E-state index in [1.165, 1.54) is 18.2 Å². The number of carboxylic acids is 1. The molecule has 0 radical (unpaired) electrons. The highest BCUT2D eigenvalue weighted by molar-refractivity contribution is 5.95. The lowest BCUT2D eigenvalue weighted by atomic mass is 9.89. The number of amides is 2. The van der Waals surface area contributed by atoms with Crippen molar-refractivity contribution in [3.05, 3.63) is 23.8 Å². The van der Waals surface area contributed by atoms with Gasteiger partial charge in [0.05, 0.1) is 6.10 Å². The van der Waals surface area contributed by atoms with Gasteiger partial charge in [-0.15, -0.1) is 0 Å². The molecule has 1 fully saturated rings. The van der Waals surface area contributed by atoms with E-state index < -0.39 is 12.0 Å². The Labute approximate surface area is 115 Å². The second-order valence-electron chi connectivity index (χ2n) is 4.66. The lowest BCUT2D eigenvalue weighted by Crippen LogP contribution is -2.48. The predicted octanol–water partition coefficient (Wildman–Crippen LogP) is 1.39. The van der Waals surface area contributed by atoms with Crippen LogP contribution < -0.4 is 10.6 Å². The summed E-state index contributed by atoms with van der Waals surface area (Å²) in [5.74, 6) is -1.60. The van der Waals surface area contributed by atoms with Gasteiger partial charge in [0.25, 0.3) is 0 Å².